The van der Waals surface area contributed by atoms with Gasteiger partial charge < -0.3 is 0 Å². The predicted molar refractivity (Wildman–Crippen MR) is 89.7 cm³/mol. The van der Waals surface area contributed by atoms with Crippen molar-refractivity contribution in [2.75, 3.05) is 6.26 Å². The second-order valence-corrected chi connectivity index (χ2v) is 11.1. The van der Waals surface area contributed by atoms with E-state index in [0.29, 0.717) is 0 Å². The van der Waals surface area contributed by atoms with Crippen molar-refractivity contribution in [3.05, 3.63) is 66.8 Å². The average Bonchev–Trinajstić information content (AvgIpc) is 2.37. The van der Waals surface area contributed by atoms with Crippen LogP contribution in [0.4, 0.5) is 0 Å². The van der Waals surface area contributed by atoms with E-state index < -0.39 is 30.4 Å². The van der Waals surface area contributed by atoms with Gasteiger partial charge >= 0.3 is 128 Å². The Morgan fingerprint density at radius 1 is 0.800 bits per heavy atom. The van der Waals surface area contributed by atoms with E-state index in [2.05, 4.69) is 0 Å². The van der Waals surface area contributed by atoms with Gasteiger partial charge in [-0.05, 0) is 0 Å². The summed E-state index contributed by atoms with van der Waals surface area (Å²) in [6.07, 6.45) is 1.11. The van der Waals surface area contributed by atoms with Gasteiger partial charge in [-0.15, -0.1) is 0 Å². The van der Waals surface area contributed by atoms with Gasteiger partial charge in [-0.3, -0.25) is 0 Å². The molecule has 20 heavy (non-hydrogen) atoms. The molecule has 2 rings (SSSR count). The molecule has 0 saturated carbocycles. The van der Waals surface area contributed by atoms with Crippen LogP contribution in [0.3, 0.4) is 0 Å². The standard InChI is InChI=1S/C15H17IO3S/c1-12-4-8-14(9-5-12)16(19-20(3,17)18)15-10-6-13(2)7-11-15/h4-11H,1-3H3. The first-order valence-electron chi connectivity index (χ1n) is 6.08. The third-order valence-corrected chi connectivity index (χ3v) is 9.69. The molecule has 0 aliphatic heterocycles. The molecular weight excluding hydrogens is 387 g/mol. The number of hydrogen-bond donors (Lipinski definition) is 0. The van der Waals surface area contributed by atoms with Gasteiger partial charge in [0.15, 0.2) is 0 Å². The molecule has 108 valence electrons. The molecule has 0 N–H and O–H groups in total. The molecule has 0 spiro atoms. The summed E-state index contributed by atoms with van der Waals surface area (Å²) < 4.78 is 30.5. The molecule has 0 amide bonds. The monoisotopic (exact) mass is 404 g/mol. The zero-order valence-corrected chi connectivity index (χ0v) is 14.6. The van der Waals surface area contributed by atoms with Crippen molar-refractivity contribution in [1.82, 2.24) is 0 Å². The number of aryl methyl sites for hydroxylation is 2. The van der Waals surface area contributed by atoms with Crippen LogP contribution in [0.1, 0.15) is 11.1 Å². The maximum atomic E-state index is 11.5. The summed E-state index contributed by atoms with van der Waals surface area (Å²) in [4.78, 5) is 0. The predicted octanol–water partition coefficient (Wildman–Crippen LogP) is 3.74. The maximum absolute atomic E-state index is 11.5. The number of benzene rings is 2. The third-order valence-electron chi connectivity index (χ3n) is 2.60. The summed E-state index contributed by atoms with van der Waals surface area (Å²) in [5.74, 6) is 0. The van der Waals surface area contributed by atoms with Crippen LogP contribution in [-0.4, -0.2) is 14.7 Å². The molecule has 0 aliphatic rings. The van der Waals surface area contributed by atoms with Crippen molar-refractivity contribution in [3.8, 4) is 0 Å². The molecule has 0 bridgehead atoms. The van der Waals surface area contributed by atoms with E-state index >= 15 is 0 Å². The van der Waals surface area contributed by atoms with Gasteiger partial charge in [0.05, 0.1) is 0 Å². The third kappa shape index (κ3) is 4.29. The second-order valence-electron chi connectivity index (χ2n) is 4.61. The van der Waals surface area contributed by atoms with Crippen LogP contribution >= 0.6 is 20.2 Å². The Bertz CT molecular complexity index is 631. The molecule has 0 atom stereocenters. The van der Waals surface area contributed by atoms with Crippen molar-refractivity contribution in [2.45, 2.75) is 13.8 Å². The fraction of sp³-hybridized carbons (Fsp3) is 0.200. The zero-order valence-electron chi connectivity index (χ0n) is 11.6. The molecule has 2 aromatic carbocycles. The van der Waals surface area contributed by atoms with Gasteiger partial charge in [0.2, 0.25) is 0 Å². The Hall–Kier alpha value is -0.920. The molecule has 0 aromatic heterocycles. The Morgan fingerprint density at radius 3 is 1.45 bits per heavy atom. The Balaban J connectivity index is 2.44. The van der Waals surface area contributed by atoms with E-state index in [-0.39, 0.29) is 0 Å². The molecule has 0 radical (unpaired) electrons. The number of hydrogen-bond acceptors (Lipinski definition) is 3. The van der Waals surface area contributed by atoms with Gasteiger partial charge in [0.25, 0.3) is 0 Å². The quantitative estimate of drug-likeness (QED) is 0.730. The van der Waals surface area contributed by atoms with Gasteiger partial charge in [0.1, 0.15) is 0 Å². The molecule has 2 aromatic rings. The minimum absolute atomic E-state index is 0.981. The van der Waals surface area contributed by atoms with E-state index in [1.807, 2.05) is 62.4 Å². The molecular formula is C15H17IO3S. The summed E-state index contributed by atoms with van der Waals surface area (Å²) in [5, 5.41) is 0. The van der Waals surface area contributed by atoms with Gasteiger partial charge in [-0.2, -0.15) is 0 Å². The summed E-state index contributed by atoms with van der Waals surface area (Å²) >= 11 is -2.41. The van der Waals surface area contributed by atoms with Gasteiger partial charge in [-0.25, -0.2) is 0 Å². The molecule has 0 unspecified atom stereocenters. The fourth-order valence-electron chi connectivity index (χ4n) is 1.61. The van der Waals surface area contributed by atoms with E-state index in [1.165, 1.54) is 0 Å². The first-order valence-corrected chi connectivity index (χ1v) is 10.9. The van der Waals surface area contributed by atoms with Crippen molar-refractivity contribution >= 4 is 30.4 Å². The van der Waals surface area contributed by atoms with Crippen LogP contribution in [0.25, 0.3) is 0 Å². The van der Waals surface area contributed by atoms with E-state index in [9.17, 15) is 8.42 Å². The van der Waals surface area contributed by atoms with Crippen molar-refractivity contribution in [3.63, 3.8) is 0 Å². The summed E-state index contributed by atoms with van der Waals surface area (Å²) in [7, 11) is -3.47. The Morgan fingerprint density at radius 2 is 1.15 bits per heavy atom. The molecule has 5 heteroatoms. The van der Waals surface area contributed by atoms with E-state index in [1.54, 1.807) is 0 Å². The van der Waals surface area contributed by atoms with E-state index in [4.69, 9.17) is 2.51 Å². The Labute approximate surface area is 128 Å². The normalized spacial score (nSPS) is 12.2. The summed E-state index contributed by atoms with van der Waals surface area (Å²) in [6.45, 7) is 4.01. The molecule has 0 heterocycles. The minimum atomic E-state index is -3.47. The average molecular weight is 404 g/mol. The van der Waals surface area contributed by atoms with Crippen LogP contribution in [0, 0.1) is 21.0 Å². The van der Waals surface area contributed by atoms with Gasteiger partial charge in [-0.1, -0.05) is 0 Å². The number of halogens is 1. The van der Waals surface area contributed by atoms with Crippen molar-refractivity contribution in [2.24, 2.45) is 0 Å². The molecule has 0 saturated heterocycles. The fourth-order valence-corrected chi connectivity index (χ4v) is 7.93. The van der Waals surface area contributed by atoms with Crippen LogP contribution in [-0.2, 0) is 12.6 Å². The molecule has 0 fully saturated rings. The topological polar surface area (TPSA) is 43.4 Å². The first kappa shape index (κ1) is 15.5. The Kier molecular flexibility index (Phi) is 4.82. The molecule has 0 aliphatic carbocycles. The number of rotatable bonds is 4. The van der Waals surface area contributed by atoms with Crippen molar-refractivity contribution in [1.29, 1.82) is 0 Å². The second kappa shape index (κ2) is 6.24. The summed E-state index contributed by atoms with van der Waals surface area (Å²) in [5.41, 5.74) is 2.29. The zero-order chi connectivity index (χ0) is 14.8. The van der Waals surface area contributed by atoms with Gasteiger partial charge in [0, 0.05) is 0 Å². The van der Waals surface area contributed by atoms with E-state index in [0.717, 1.165) is 24.5 Å². The summed E-state index contributed by atoms with van der Waals surface area (Å²) in [6, 6.07) is 15.8. The first-order chi connectivity index (χ1) is 9.35. The van der Waals surface area contributed by atoms with Crippen LogP contribution in [0.5, 0.6) is 0 Å². The van der Waals surface area contributed by atoms with Crippen LogP contribution < -0.4 is 0 Å². The van der Waals surface area contributed by atoms with Crippen molar-refractivity contribution < 1.29 is 10.9 Å². The molecule has 3 nitrogen and oxygen atoms in total. The SMILES string of the molecule is Cc1ccc(I(OS(C)(=O)=O)c2ccc(C)cc2)cc1. The van der Waals surface area contributed by atoms with Crippen LogP contribution in [0.15, 0.2) is 48.5 Å². The van der Waals surface area contributed by atoms with Crippen LogP contribution in [0.2, 0.25) is 0 Å².